The van der Waals surface area contributed by atoms with Crippen molar-refractivity contribution in [2.75, 3.05) is 7.05 Å². The van der Waals surface area contributed by atoms with Crippen LogP contribution in [0, 0.1) is 0 Å². The van der Waals surface area contributed by atoms with Crippen molar-refractivity contribution in [3.05, 3.63) is 32.4 Å². The average Bonchev–Trinajstić information content (AvgIpc) is 2.99. The third kappa shape index (κ3) is 3.59. The second-order valence-corrected chi connectivity index (χ2v) is 6.10. The van der Waals surface area contributed by atoms with Crippen molar-refractivity contribution in [3.63, 3.8) is 0 Å². The molecule has 0 radical (unpaired) electrons. The van der Waals surface area contributed by atoms with Crippen LogP contribution in [0.25, 0.3) is 0 Å². The Morgan fingerprint density at radius 3 is 2.94 bits per heavy atom. The van der Waals surface area contributed by atoms with E-state index in [1.807, 2.05) is 18.4 Å². The highest BCUT2D eigenvalue weighted by molar-refractivity contribution is 7.11. The SMILES string of the molecule is CNC(C)c1nnc(CCCc2cccs2)s1. The number of nitrogens with one attached hydrogen (secondary N) is 1. The fraction of sp³-hybridized carbons (Fsp3) is 0.500. The zero-order valence-corrected chi connectivity index (χ0v) is 11.8. The van der Waals surface area contributed by atoms with Gasteiger partial charge in [0, 0.05) is 11.3 Å². The van der Waals surface area contributed by atoms with Gasteiger partial charge in [-0.15, -0.1) is 21.5 Å². The molecule has 1 atom stereocenters. The molecular formula is C12H17N3S2. The second kappa shape index (κ2) is 6.23. The summed E-state index contributed by atoms with van der Waals surface area (Å²) in [6, 6.07) is 4.61. The van der Waals surface area contributed by atoms with Gasteiger partial charge in [0.1, 0.15) is 10.0 Å². The molecule has 92 valence electrons. The smallest absolute Gasteiger partial charge is 0.134 e. The standard InChI is InChI=1S/C12H17N3S2/c1-9(13-2)12-15-14-11(17-12)7-3-5-10-6-4-8-16-10/h4,6,8-9,13H,3,5,7H2,1-2H3. The Morgan fingerprint density at radius 1 is 1.35 bits per heavy atom. The highest BCUT2D eigenvalue weighted by Crippen LogP contribution is 2.19. The molecule has 1 unspecified atom stereocenters. The Kier molecular flexibility index (Phi) is 4.65. The van der Waals surface area contributed by atoms with E-state index in [1.165, 1.54) is 4.88 Å². The number of hydrogen-bond donors (Lipinski definition) is 1. The molecule has 2 rings (SSSR count). The maximum Gasteiger partial charge on any atom is 0.134 e. The zero-order valence-electron chi connectivity index (χ0n) is 10.1. The lowest BCUT2D eigenvalue weighted by Crippen LogP contribution is -2.11. The summed E-state index contributed by atoms with van der Waals surface area (Å²) in [6.45, 7) is 2.11. The molecule has 17 heavy (non-hydrogen) atoms. The van der Waals surface area contributed by atoms with Crippen molar-refractivity contribution in [2.45, 2.75) is 32.2 Å². The Hall–Kier alpha value is -0.780. The summed E-state index contributed by atoms with van der Waals surface area (Å²) >= 11 is 3.55. The van der Waals surface area contributed by atoms with Gasteiger partial charge in [-0.1, -0.05) is 17.4 Å². The van der Waals surface area contributed by atoms with Gasteiger partial charge in [0.2, 0.25) is 0 Å². The average molecular weight is 267 g/mol. The highest BCUT2D eigenvalue weighted by Gasteiger charge is 2.09. The molecule has 0 aromatic carbocycles. The molecule has 2 aromatic rings. The Balaban J connectivity index is 1.81. The quantitative estimate of drug-likeness (QED) is 0.874. The van der Waals surface area contributed by atoms with Crippen molar-refractivity contribution < 1.29 is 0 Å². The van der Waals surface area contributed by atoms with Gasteiger partial charge >= 0.3 is 0 Å². The first kappa shape index (κ1) is 12.7. The zero-order chi connectivity index (χ0) is 12.1. The van der Waals surface area contributed by atoms with Gasteiger partial charge < -0.3 is 5.32 Å². The minimum atomic E-state index is 0.304. The minimum Gasteiger partial charge on any atom is -0.311 e. The molecule has 0 aliphatic carbocycles. The van der Waals surface area contributed by atoms with Crippen molar-refractivity contribution >= 4 is 22.7 Å². The normalized spacial score (nSPS) is 12.8. The fourth-order valence-corrected chi connectivity index (χ4v) is 3.23. The Labute approximate surface area is 110 Å². The van der Waals surface area contributed by atoms with Crippen LogP contribution >= 0.6 is 22.7 Å². The van der Waals surface area contributed by atoms with Crippen LogP contribution in [0.5, 0.6) is 0 Å². The van der Waals surface area contributed by atoms with Gasteiger partial charge in [-0.05, 0) is 38.3 Å². The van der Waals surface area contributed by atoms with Gasteiger partial charge in [-0.25, -0.2) is 0 Å². The molecule has 0 bridgehead atoms. The molecule has 3 nitrogen and oxygen atoms in total. The number of aromatic nitrogens is 2. The lowest BCUT2D eigenvalue weighted by molar-refractivity contribution is 0.639. The summed E-state index contributed by atoms with van der Waals surface area (Å²) in [4.78, 5) is 1.46. The molecule has 0 saturated heterocycles. The van der Waals surface area contributed by atoms with Crippen LogP contribution in [0.15, 0.2) is 17.5 Å². The molecule has 0 aliphatic heterocycles. The molecule has 0 spiro atoms. The van der Waals surface area contributed by atoms with Crippen LogP contribution in [-0.2, 0) is 12.8 Å². The highest BCUT2D eigenvalue weighted by atomic mass is 32.1. The van der Waals surface area contributed by atoms with Gasteiger partial charge in [0.15, 0.2) is 0 Å². The van der Waals surface area contributed by atoms with E-state index in [-0.39, 0.29) is 0 Å². The van der Waals surface area contributed by atoms with E-state index in [9.17, 15) is 0 Å². The lowest BCUT2D eigenvalue weighted by atomic mass is 10.2. The lowest BCUT2D eigenvalue weighted by Gasteiger charge is -2.02. The first-order valence-corrected chi connectivity index (χ1v) is 7.51. The summed E-state index contributed by atoms with van der Waals surface area (Å²) in [7, 11) is 1.95. The summed E-state index contributed by atoms with van der Waals surface area (Å²) < 4.78 is 0. The monoisotopic (exact) mass is 267 g/mol. The summed E-state index contributed by atoms with van der Waals surface area (Å²) in [5.41, 5.74) is 0. The molecule has 1 N–H and O–H groups in total. The number of thiophene rings is 1. The van der Waals surface area contributed by atoms with Crippen LogP contribution < -0.4 is 5.32 Å². The molecule has 0 saturated carbocycles. The van der Waals surface area contributed by atoms with Crippen molar-refractivity contribution in [1.29, 1.82) is 0 Å². The third-order valence-corrected chi connectivity index (χ3v) is 4.78. The van der Waals surface area contributed by atoms with Crippen molar-refractivity contribution in [1.82, 2.24) is 15.5 Å². The molecular weight excluding hydrogens is 250 g/mol. The summed E-state index contributed by atoms with van der Waals surface area (Å²) in [6.07, 6.45) is 3.34. The Morgan fingerprint density at radius 2 is 2.24 bits per heavy atom. The second-order valence-electron chi connectivity index (χ2n) is 3.98. The first-order valence-electron chi connectivity index (χ1n) is 5.81. The number of nitrogens with zero attached hydrogens (tertiary/aromatic N) is 2. The third-order valence-electron chi connectivity index (χ3n) is 2.68. The molecule has 5 heteroatoms. The topological polar surface area (TPSA) is 37.8 Å². The van der Waals surface area contributed by atoms with Crippen LogP contribution in [0.1, 0.15) is 34.3 Å². The van der Waals surface area contributed by atoms with Gasteiger partial charge in [-0.3, -0.25) is 0 Å². The van der Waals surface area contributed by atoms with Gasteiger partial charge in [-0.2, -0.15) is 0 Å². The van der Waals surface area contributed by atoms with Crippen molar-refractivity contribution in [2.24, 2.45) is 0 Å². The maximum atomic E-state index is 4.24. The number of rotatable bonds is 6. The first-order chi connectivity index (χ1) is 8.29. The van der Waals surface area contributed by atoms with Crippen LogP contribution in [0.4, 0.5) is 0 Å². The van der Waals surface area contributed by atoms with Crippen LogP contribution in [-0.4, -0.2) is 17.2 Å². The van der Waals surface area contributed by atoms with Crippen LogP contribution in [0.2, 0.25) is 0 Å². The Bertz CT molecular complexity index is 436. The van der Waals surface area contributed by atoms with E-state index in [4.69, 9.17) is 0 Å². The van der Waals surface area contributed by atoms with E-state index >= 15 is 0 Å². The van der Waals surface area contributed by atoms with Crippen LogP contribution in [0.3, 0.4) is 0 Å². The minimum absolute atomic E-state index is 0.304. The van der Waals surface area contributed by atoms with E-state index in [0.717, 1.165) is 29.3 Å². The van der Waals surface area contributed by atoms with E-state index in [0.29, 0.717) is 6.04 Å². The maximum absolute atomic E-state index is 4.24. The number of aryl methyl sites for hydroxylation is 2. The molecule has 2 heterocycles. The molecule has 0 fully saturated rings. The predicted octanol–water partition coefficient (Wildman–Crippen LogP) is 3.06. The van der Waals surface area contributed by atoms with E-state index in [1.54, 1.807) is 11.3 Å². The molecule has 2 aromatic heterocycles. The fourth-order valence-electron chi connectivity index (χ4n) is 1.53. The molecule has 0 amide bonds. The summed E-state index contributed by atoms with van der Waals surface area (Å²) in [5.74, 6) is 0. The largest absolute Gasteiger partial charge is 0.311 e. The van der Waals surface area contributed by atoms with Crippen molar-refractivity contribution in [3.8, 4) is 0 Å². The van der Waals surface area contributed by atoms with E-state index < -0.39 is 0 Å². The van der Waals surface area contributed by atoms with Gasteiger partial charge in [0.25, 0.3) is 0 Å². The van der Waals surface area contributed by atoms with Gasteiger partial charge in [0.05, 0.1) is 6.04 Å². The predicted molar refractivity (Wildman–Crippen MR) is 73.7 cm³/mol. The molecule has 0 aliphatic rings. The van der Waals surface area contributed by atoms with E-state index in [2.05, 4.69) is 40.0 Å². The summed E-state index contributed by atoms with van der Waals surface area (Å²) in [5, 5.41) is 16.0. The number of hydrogen-bond acceptors (Lipinski definition) is 5.